The van der Waals surface area contributed by atoms with E-state index in [1.165, 1.54) is 4.90 Å². The maximum Gasteiger partial charge on any atom is 0.417 e. The molecular formula is C23H23ClF3N5O4. The van der Waals surface area contributed by atoms with Gasteiger partial charge in [0.1, 0.15) is 11.9 Å². The Balaban J connectivity index is 1.12. The van der Waals surface area contributed by atoms with Gasteiger partial charge in [0.05, 0.1) is 28.3 Å². The number of anilines is 1. The molecule has 0 aromatic carbocycles. The maximum atomic E-state index is 13.3. The minimum atomic E-state index is -4.56. The van der Waals surface area contributed by atoms with Gasteiger partial charge in [0.2, 0.25) is 11.8 Å². The lowest BCUT2D eigenvalue weighted by Gasteiger charge is -2.30. The number of alkyl halides is 3. The first-order chi connectivity index (χ1) is 17.2. The van der Waals surface area contributed by atoms with Crippen LogP contribution in [0.4, 0.5) is 19.0 Å². The van der Waals surface area contributed by atoms with Crippen LogP contribution in [0, 0.1) is 29.6 Å². The van der Waals surface area contributed by atoms with Crippen molar-refractivity contribution in [3.05, 3.63) is 22.8 Å². The van der Waals surface area contributed by atoms with E-state index in [0.717, 1.165) is 18.9 Å². The highest BCUT2D eigenvalue weighted by molar-refractivity contribution is 6.40. The Morgan fingerprint density at radius 3 is 2.50 bits per heavy atom. The Morgan fingerprint density at radius 1 is 1.14 bits per heavy atom. The van der Waals surface area contributed by atoms with Crippen LogP contribution in [0.1, 0.15) is 24.8 Å². The summed E-state index contributed by atoms with van der Waals surface area (Å²) in [6.45, 7) is 1.47. The van der Waals surface area contributed by atoms with E-state index in [1.54, 1.807) is 4.90 Å². The number of fused-ring (bicyclic) bond motifs is 8. The van der Waals surface area contributed by atoms with Gasteiger partial charge in [-0.25, -0.2) is 4.98 Å². The summed E-state index contributed by atoms with van der Waals surface area (Å²) in [5, 5.41) is 6.70. The number of oxime groups is 1. The normalized spacial score (nSPS) is 32.6. The lowest BCUT2D eigenvalue weighted by atomic mass is 9.72. The zero-order chi connectivity index (χ0) is 25.4. The second-order valence-corrected chi connectivity index (χ2v) is 10.4. The number of aromatic nitrogens is 1. The van der Waals surface area contributed by atoms with Gasteiger partial charge < -0.3 is 15.1 Å². The molecule has 0 spiro atoms. The molecule has 36 heavy (non-hydrogen) atoms. The highest BCUT2D eigenvalue weighted by Crippen LogP contribution is 2.61. The molecule has 9 nitrogen and oxygen atoms in total. The smallest absolute Gasteiger partial charge is 0.391 e. The molecule has 0 radical (unpaired) electrons. The predicted octanol–water partition coefficient (Wildman–Crippen LogP) is 2.41. The van der Waals surface area contributed by atoms with E-state index < -0.39 is 23.6 Å². The van der Waals surface area contributed by atoms with Crippen molar-refractivity contribution >= 4 is 40.9 Å². The van der Waals surface area contributed by atoms with Crippen LogP contribution in [0.15, 0.2) is 17.4 Å². The van der Waals surface area contributed by atoms with Gasteiger partial charge in [0.15, 0.2) is 5.71 Å². The molecule has 4 heterocycles. The van der Waals surface area contributed by atoms with Crippen molar-refractivity contribution in [2.24, 2.45) is 34.7 Å². The number of carbonyl (C=O) groups excluding carboxylic acids is 3. The molecule has 1 N–H and O–H groups in total. The summed E-state index contributed by atoms with van der Waals surface area (Å²) in [5.74, 6) is -2.35. The van der Waals surface area contributed by atoms with Gasteiger partial charge in [-0.1, -0.05) is 16.8 Å². The molecule has 3 amide bonds. The minimum absolute atomic E-state index is 0.0208. The van der Waals surface area contributed by atoms with E-state index in [4.69, 9.17) is 16.4 Å². The van der Waals surface area contributed by atoms with Gasteiger partial charge in [0, 0.05) is 38.3 Å². The first-order valence-electron chi connectivity index (χ1n) is 12.0. The van der Waals surface area contributed by atoms with Crippen molar-refractivity contribution < 1.29 is 32.4 Å². The topological polar surface area (TPSA) is 104 Å². The van der Waals surface area contributed by atoms with Crippen LogP contribution in [-0.4, -0.2) is 70.5 Å². The van der Waals surface area contributed by atoms with Crippen LogP contribution in [0.3, 0.4) is 0 Å². The SMILES string of the molecule is O=C(C1=NO[C@H]2[C@@H]3C[C@@H]([C@@H]12)[C@@H]1C(=O)N(CCNc2ncc(C(F)(F)F)cc2Cl)C(=O)[C@@H]31)N1CCCC1. The third kappa shape index (κ3) is 3.47. The van der Waals surface area contributed by atoms with Crippen LogP contribution >= 0.6 is 11.6 Å². The van der Waals surface area contributed by atoms with Crippen molar-refractivity contribution in [3.8, 4) is 0 Å². The highest BCUT2D eigenvalue weighted by Gasteiger charge is 2.70. The average molecular weight is 526 g/mol. The molecule has 13 heteroatoms. The first-order valence-corrected chi connectivity index (χ1v) is 12.4. The lowest BCUT2D eigenvalue weighted by Crippen LogP contribution is -2.45. The van der Waals surface area contributed by atoms with Crippen molar-refractivity contribution in [1.29, 1.82) is 0 Å². The quantitative estimate of drug-likeness (QED) is 0.592. The number of nitrogens with one attached hydrogen (secondary N) is 1. The number of nitrogens with zero attached hydrogens (tertiary/aromatic N) is 4. The summed E-state index contributed by atoms with van der Waals surface area (Å²) in [4.78, 5) is 51.9. The van der Waals surface area contributed by atoms with E-state index in [2.05, 4.69) is 15.5 Å². The van der Waals surface area contributed by atoms with E-state index in [9.17, 15) is 27.6 Å². The van der Waals surface area contributed by atoms with Crippen molar-refractivity contribution in [1.82, 2.24) is 14.8 Å². The number of hydrogen-bond donors (Lipinski definition) is 1. The van der Waals surface area contributed by atoms with E-state index in [0.29, 0.717) is 31.4 Å². The molecule has 5 aliphatic rings. The number of amides is 3. The lowest BCUT2D eigenvalue weighted by molar-refractivity contribution is -0.141. The fourth-order valence-corrected chi connectivity index (χ4v) is 6.91. The van der Waals surface area contributed by atoms with Crippen LogP contribution in [0.2, 0.25) is 5.02 Å². The zero-order valence-corrected chi connectivity index (χ0v) is 19.8. The summed E-state index contributed by atoms with van der Waals surface area (Å²) in [5.41, 5.74) is -0.596. The molecule has 4 fully saturated rings. The second kappa shape index (κ2) is 8.32. The Labute approximate surface area is 209 Å². The van der Waals surface area contributed by atoms with Gasteiger partial charge in [0.25, 0.3) is 5.91 Å². The standard InChI is InChI=1S/C23H23ClF3N5O4/c24-13-7-10(23(25,26)27)9-29-19(13)28-3-6-32-20(33)14-11-8-12(15(14)21(32)34)18-16(11)17(30-36-18)22(35)31-4-1-2-5-31/h7,9,11-12,14-16,18H,1-6,8H2,(H,28,29)/t11-,12-,14+,15+,16+,18+/m1/s1. The summed E-state index contributed by atoms with van der Waals surface area (Å²) >= 11 is 5.92. The fraction of sp³-hybridized carbons (Fsp3) is 0.609. The van der Waals surface area contributed by atoms with Gasteiger partial charge in [-0.15, -0.1) is 0 Å². The Bertz CT molecular complexity index is 1170. The average Bonchev–Trinajstić information content (AvgIpc) is 3.63. The monoisotopic (exact) mass is 525 g/mol. The molecule has 0 unspecified atom stereocenters. The van der Waals surface area contributed by atoms with Gasteiger partial charge in [-0.3, -0.25) is 19.3 Å². The van der Waals surface area contributed by atoms with Crippen LogP contribution in [0.25, 0.3) is 0 Å². The number of imide groups is 1. The van der Waals surface area contributed by atoms with Crippen LogP contribution in [-0.2, 0) is 25.4 Å². The molecule has 1 aromatic rings. The largest absolute Gasteiger partial charge is 0.417 e. The number of hydrogen-bond acceptors (Lipinski definition) is 7. The van der Waals surface area contributed by atoms with Crippen molar-refractivity contribution in [2.45, 2.75) is 31.5 Å². The van der Waals surface area contributed by atoms with Gasteiger partial charge in [-0.2, -0.15) is 13.2 Å². The van der Waals surface area contributed by atoms with Gasteiger partial charge >= 0.3 is 6.18 Å². The molecule has 2 aliphatic carbocycles. The fourth-order valence-electron chi connectivity index (χ4n) is 6.67. The molecule has 3 aliphatic heterocycles. The zero-order valence-electron chi connectivity index (χ0n) is 19.0. The molecule has 192 valence electrons. The molecule has 6 atom stereocenters. The van der Waals surface area contributed by atoms with Crippen LogP contribution < -0.4 is 5.32 Å². The van der Waals surface area contributed by atoms with Crippen molar-refractivity contribution in [2.75, 3.05) is 31.5 Å². The molecular weight excluding hydrogens is 503 g/mol. The number of carbonyl (C=O) groups is 3. The molecule has 1 aromatic heterocycles. The highest BCUT2D eigenvalue weighted by atomic mass is 35.5. The van der Waals surface area contributed by atoms with E-state index in [1.807, 2.05) is 0 Å². The number of rotatable bonds is 5. The number of likely N-dealkylation sites (tertiary alicyclic amines) is 2. The summed E-state index contributed by atoms with van der Waals surface area (Å²) in [7, 11) is 0. The molecule has 2 bridgehead atoms. The van der Waals surface area contributed by atoms with E-state index >= 15 is 0 Å². The third-order valence-electron chi connectivity index (χ3n) is 8.19. The summed E-state index contributed by atoms with van der Waals surface area (Å²) < 4.78 is 38.4. The molecule has 2 saturated heterocycles. The second-order valence-electron chi connectivity index (χ2n) is 9.99. The third-order valence-corrected chi connectivity index (χ3v) is 8.48. The van der Waals surface area contributed by atoms with E-state index in [-0.39, 0.29) is 65.5 Å². The minimum Gasteiger partial charge on any atom is -0.391 e. The Hall–Kier alpha value is -2.89. The van der Waals surface area contributed by atoms with Gasteiger partial charge in [-0.05, 0) is 31.2 Å². The molecule has 2 saturated carbocycles. The maximum absolute atomic E-state index is 13.3. The summed E-state index contributed by atoms with van der Waals surface area (Å²) in [6.07, 6.45) is -1.72. The molecule has 6 rings (SSSR count). The predicted molar refractivity (Wildman–Crippen MR) is 120 cm³/mol. The number of pyridine rings is 1. The Morgan fingerprint density at radius 2 is 1.83 bits per heavy atom. The Kier molecular flexibility index (Phi) is 5.43. The van der Waals surface area contributed by atoms with Crippen LogP contribution in [0.5, 0.6) is 0 Å². The summed E-state index contributed by atoms with van der Waals surface area (Å²) in [6, 6.07) is 0.770. The number of halogens is 4. The first kappa shape index (κ1) is 23.5. The van der Waals surface area contributed by atoms with Crippen molar-refractivity contribution in [3.63, 3.8) is 0 Å².